The molecule has 0 saturated carbocycles. The van der Waals surface area contributed by atoms with E-state index in [0.29, 0.717) is 12.2 Å². The number of halogens is 1. The standard InChI is InChI=1S/C18H14BrN3O2/c19-14-8-6-13(7-9-14)12-22-17(23)11-10-16(21-22)18(24)20-15-4-2-1-3-5-15/h1-11H,12H2,(H,20,24). The second kappa shape index (κ2) is 7.23. The SMILES string of the molecule is O=C(Nc1ccccc1)c1ccc(=O)n(Cc2ccc(Br)cc2)n1. The van der Waals surface area contributed by atoms with Crippen LogP contribution in [0.1, 0.15) is 16.1 Å². The molecule has 0 fully saturated rings. The van der Waals surface area contributed by atoms with Crippen LogP contribution in [0.15, 0.2) is 76.0 Å². The number of carbonyl (C=O) groups excluding carboxylic acids is 1. The Morgan fingerprint density at radius 2 is 1.71 bits per heavy atom. The van der Waals surface area contributed by atoms with Gasteiger partial charge in [-0.2, -0.15) is 5.10 Å². The number of benzene rings is 2. The van der Waals surface area contributed by atoms with Gasteiger partial charge in [0.1, 0.15) is 5.69 Å². The first kappa shape index (κ1) is 16.1. The lowest BCUT2D eigenvalue weighted by molar-refractivity contribution is 0.102. The van der Waals surface area contributed by atoms with Crippen molar-refractivity contribution in [2.24, 2.45) is 0 Å². The highest BCUT2D eigenvalue weighted by Crippen LogP contribution is 2.11. The van der Waals surface area contributed by atoms with E-state index in [0.717, 1.165) is 10.0 Å². The van der Waals surface area contributed by atoms with E-state index in [-0.39, 0.29) is 17.2 Å². The maximum atomic E-state index is 12.3. The molecule has 0 radical (unpaired) electrons. The zero-order valence-electron chi connectivity index (χ0n) is 12.6. The van der Waals surface area contributed by atoms with Crippen molar-refractivity contribution < 1.29 is 4.79 Å². The number of rotatable bonds is 4. The van der Waals surface area contributed by atoms with E-state index in [1.54, 1.807) is 12.1 Å². The van der Waals surface area contributed by atoms with Gasteiger partial charge in [-0.15, -0.1) is 0 Å². The summed E-state index contributed by atoms with van der Waals surface area (Å²) in [6.07, 6.45) is 0. The molecule has 0 aliphatic heterocycles. The van der Waals surface area contributed by atoms with Gasteiger partial charge >= 0.3 is 0 Å². The lowest BCUT2D eigenvalue weighted by atomic mass is 10.2. The molecule has 5 nitrogen and oxygen atoms in total. The van der Waals surface area contributed by atoms with Gasteiger partial charge in [0.25, 0.3) is 11.5 Å². The van der Waals surface area contributed by atoms with Gasteiger partial charge in [-0.3, -0.25) is 9.59 Å². The van der Waals surface area contributed by atoms with E-state index in [2.05, 4.69) is 26.3 Å². The summed E-state index contributed by atoms with van der Waals surface area (Å²) in [5.74, 6) is -0.356. The minimum Gasteiger partial charge on any atom is -0.321 e. The molecule has 1 heterocycles. The molecule has 1 aromatic heterocycles. The summed E-state index contributed by atoms with van der Waals surface area (Å²) in [6.45, 7) is 0.304. The molecule has 0 saturated heterocycles. The van der Waals surface area contributed by atoms with Gasteiger partial charge in [-0.05, 0) is 35.9 Å². The maximum absolute atomic E-state index is 12.3. The van der Waals surface area contributed by atoms with E-state index in [9.17, 15) is 9.59 Å². The van der Waals surface area contributed by atoms with Gasteiger partial charge in [-0.25, -0.2) is 4.68 Å². The number of aromatic nitrogens is 2. The second-order valence-electron chi connectivity index (χ2n) is 5.16. The monoisotopic (exact) mass is 383 g/mol. The lowest BCUT2D eigenvalue weighted by Gasteiger charge is -2.08. The van der Waals surface area contributed by atoms with E-state index in [1.807, 2.05) is 42.5 Å². The highest BCUT2D eigenvalue weighted by Gasteiger charge is 2.10. The minimum atomic E-state index is -0.356. The first-order valence-corrected chi connectivity index (χ1v) is 8.10. The number of carbonyl (C=O) groups is 1. The Morgan fingerprint density at radius 3 is 2.42 bits per heavy atom. The van der Waals surface area contributed by atoms with Gasteiger partial charge < -0.3 is 5.32 Å². The number of anilines is 1. The predicted molar refractivity (Wildman–Crippen MR) is 96.1 cm³/mol. The number of hydrogen-bond donors (Lipinski definition) is 1. The summed E-state index contributed by atoms with van der Waals surface area (Å²) in [5.41, 5.74) is 1.54. The molecule has 1 amide bonds. The molecule has 0 unspecified atom stereocenters. The second-order valence-corrected chi connectivity index (χ2v) is 6.08. The topological polar surface area (TPSA) is 64.0 Å². The molecule has 0 bridgehead atoms. The van der Waals surface area contributed by atoms with Crippen LogP contribution in [0.5, 0.6) is 0 Å². The van der Waals surface area contributed by atoms with Crippen molar-refractivity contribution in [2.75, 3.05) is 5.32 Å². The normalized spacial score (nSPS) is 10.4. The third-order valence-corrected chi connectivity index (χ3v) is 3.91. The number of amides is 1. The maximum Gasteiger partial charge on any atom is 0.276 e. The Kier molecular flexibility index (Phi) is 4.86. The first-order chi connectivity index (χ1) is 11.6. The fourth-order valence-electron chi connectivity index (χ4n) is 2.16. The van der Waals surface area contributed by atoms with Crippen molar-refractivity contribution in [3.05, 3.63) is 92.8 Å². The van der Waals surface area contributed by atoms with Gasteiger partial charge in [0, 0.05) is 16.2 Å². The summed E-state index contributed by atoms with van der Waals surface area (Å²) in [7, 11) is 0. The summed E-state index contributed by atoms with van der Waals surface area (Å²) >= 11 is 3.37. The molecule has 1 N–H and O–H groups in total. The number of nitrogens with one attached hydrogen (secondary N) is 1. The summed E-state index contributed by atoms with van der Waals surface area (Å²) < 4.78 is 2.24. The third kappa shape index (κ3) is 3.97. The smallest absolute Gasteiger partial charge is 0.276 e. The Labute approximate surface area is 147 Å². The molecule has 0 atom stereocenters. The van der Waals surface area contributed by atoms with Crippen molar-refractivity contribution in [1.29, 1.82) is 0 Å². The molecule has 3 aromatic rings. The molecule has 2 aromatic carbocycles. The van der Waals surface area contributed by atoms with Gasteiger partial charge in [0.2, 0.25) is 0 Å². The van der Waals surface area contributed by atoms with E-state index < -0.39 is 0 Å². The fourth-order valence-corrected chi connectivity index (χ4v) is 2.43. The van der Waals surface area contributed by atoms with E-state index in [1.165, 1.54) is 16.8 Å². The van der Waals surface area contributed by atoms with Crippen LogP contribution in [-0.2, 0) is 6.54 Å². The molecular formula is C18H14BrN3O2. The third-order valence-electron chi connectivity index (χ3n) is 3.38. The molecule has 6 heteroatoms. The zero-order chi connectivity index (χ0) is 16.9. The molecule has 120 valence electrons. The molecule has 0 spiro atoms. The minimum absolute atomic E-state index is 0.190. The van der Waals surface area contributed by atoms with Crippen molar-refractivity contribution in [2.45, 2.75) is 6.54 Å². The highest BCUT2D eigenvalue weighted by atomic mass is 79.9. The van der Waals surface area contributed by atoms with Crippen LogP contribution in [0.3, 0.4) is 0 Å². The number of para-hydroxylation sites is 1. The van der Waals surface area contributed by atoms with Crippen LogP contribution in [0.4, 0.5) is 5.69 Å². The van der Waals surface area contributed by atoms with Crippen molar-refractivity contribution in [3.63, 3.8) is 0 Å². The van der Waals surface area contributed by atoms with Crippen LogP contribution in [0.25, 0.3) is 0 Å². The number of nitrogens with zero attached hydrogens (tertiary/aromatic N) is 2. The zero-order valence-corrected chi connectivity index (χ0v) is 14.2. The summed E-state index contributed by atoms with van der Waals surface area (Å²) in [6, 6.07) is 19.5. The van der Waals surface area contributed by atoms with Crippen LogP contribution in [-0.4, -0.2) is 15.7 Å². The van der Waals surface area contributed by atoms with Gasteiger partial charge in [0.15, 0.2) is 0 Å². The van der Waals surface area contributed by atoms with Gasteiger partial charge in [-0.1, -0.05) is 46.3 Å². The molecule has 0 aliphatic rings. The quantitative estimate of drug-likeness (QED) is 0.751. The van der Waals surface area contributed by atoms with Crippen molar-refractivity contribution >= 4 is 27.5 Å². The summed E-state index contributed by atoms with van der Waals surface area (Å²) in [5, 5.41) is 6.92. The van der Waals surface area contributed by atoms with Crippen LogP contribution >= 0.6 is 15.9 Å². The highest BCUT2D eigenvalue weighted by molar-refractivity contribution is 9.10. The van der Waals surface area contributed by atoms with Crippen molar-refractivity contribution in [3.8, 4) is 0 Å². The summed E-state index contributed by atoms with van der Waals surface area (Å²) in [4.78, 5) is 24.3. The molecule has 0 aliphatic carbocycles. The number of hydrogen-bond acceptors (Lipinski definition) is 3. The average molecular weight is 384 g/mol. The molecular weight excluding hydrogens is 370 g/mol. The fraction of sp³-hybridized carbons (Fsp3) is 0.0556. The van der Waals surface area contributed by atoms with Crippen LogP contribution < -0.4 is 10.9 Å². The average Bonchev–Trinajstić information content (AvgIpc) is 2.59. The Balaban J connectivity index is 1.81. The predicted octanol–water partition coefficient (Wildman–Crippen LogP) is 3.31. The molecule has 24 heavy (non-hydrogen) atoms. The Bertz CT molecular complexity index is 906. The van der Waals surface area contributed by atoms with Gasteiger partial charge in [0.05, 0.1) is 6.54 Å². The van der Waals surface area contributed by atoms with Crippen LogP contribution in [0, 0.1) is 0 Å². The van der Waals surface area contributed by atoms with Crippen molar-refractivity contribution in [1.82, 2.24) is 9.78 Å². The van der Waals surface area contributed by atoms with Crippen LogP contribution in [0.2, 0.25) is 0 Å². The van der Waals surface area contributed by atoms with E-state index >= 15 is 0 Å². The Hall–Kier alpha value is -2.73. The largest absolute Gasteiger partial charge is 0.321 e. The van der Waals surface area contributed by atoms with E-state index in [4.69, 9.17) is 0 Å². The Morgan fingerprint density at radius 1 is 1.00 bits per heavy atom. The lowest BCUT2D eigenvalue weighted by Crippen LogP contribution is -2.26. The molecule has 3 rings (SSSR count). The first-order valence-electron chi connectivity index (χ1n) is 7.31.